The summed E-state index contributed by atoms with van der Waals surface area (Å²) < 4.78 is 0. The molecule has 0 atom stereocenters. The molecule has 0 saturated heterocycles. The third-order valence-electron chi connectivity index (χ3n) is 2.72. The van der Waals surface area contributed by atoms with E-state index in [0.717, 1.165) is 23.5 Å². The van der Waals surface area contributed by atoms with Gasteiger partial charge in [-0.3, -0.25) is 4.98 Å². The van der Waals surface area contributed by atoms with Gasteiger partial charge in [-0.05, 0) is 35.9 Å². The number of nitrogens with zero attached hydrogens (tertiary/aromatic N) is 2. The zero-order chi connectivity index (χ0) is 13.0. The van der Waals surface area contributed by atoms with Crippen LogP contribution in [0.25, 0.3) is 0 Å². The van der Waals surface area contributed by atoms with E-state index in [9.17, 15) is 0 Å². The summed E-state index contributed by atoms with van der Waals surface area (Å²) in [6, 6.07) is 11.7. The largest absolute Gasteiger partial charge is 0.368 e. The van der Waals surface area contributed by atoms with Gasteiger partial charge in [0.05, 0.1) is 12.2 Å². The van der Waals surface area contributed by atoms with Gasteiger partial charge < -0.3 is 4.90 Å². The Morgan fingerprint density at radius 3 is 2.72 bits per heavy atom. The van der Waals surface area contributed by atoms with Crippen LogP contribution in [0.2, 0.25) is 5.02 Å². The molecule has 0 aliphatic heterocycles. The van der Waals surface area contributed by atoms with E-state index in [1.54, 1.807) is 6.20 Å². The molecule has 2 nitrogen and oxygen atoms in total. The van der Waals surface area contributed by atoms with Crippen molar-refractivity contribution in [2.75, 3.05) is 11.9 Å². The fourth-order valence-corrected chi connectivity index (χ4v) is 2.26. The molecule has 18 heavy (non-hydrogen) atoms. The predicted molar refractivity (Wildman–Crippen MR) is 77.4 cm³/mol. The Morgan fingerprint density at radius 1 is 1.22 bits per heavy atom. The maximum absolute atomic E-state index is 5.97. The number of benzene rings is 1. The van der Waals surface area contributed by atoms with Crippen molar-refractivity contribution in [2.45, 2.75) is 12.4 Å². The highest BCUT2D eigenvalue weighted by Crippen LogP contribution is 2.25. The minimum atomic E-state index is 0.447. The summed E-state index contributed by atoms with van der Waals surface area (Å²) in [4.78, 5) is 6.44. The average molecular weight is 281 g/mol. The molecule has 1 heterocycles. The Kier molecular flexibility index (Phi) is 4.45. The lowest BCUT2D eigenvalue weighted by molar-refractivity contribution is 0.880. The smallest absolute Gasteiger partial charge is 0.0598 e. The zero-order valence-electron chi connectivity index (χ0n) is 10.1. The maximum atomic E-state index is 5.97. The van der Waals surface area contributed by atoms with Crippen molar-refractivity contribution in [3.8, 4) is 0 Å². The van der Waals surface area contributed by atoms with E-state index in [2.05, 4.69) is 9.88 Å². The molecule has 94 valence electrons. The van der Waals surface area contributed by atoms with Crippen LogP contribution < -0.4 is 4.90 Å². The minimum absolute atomic E-state index is 0.447. The molecule has 0 unspecified atom stereocenters. The lowest BCUT2D eigenvalue weighted by Crippen LogP contribution is -2.18. The van der Waals surface area contributed by atoms with Gasteiger partial charge in [0.2, 0.25) is 0 Å². The first-order chi connectivity index (χ1) is 8.70. The van der Waals surface area contributed by atoms with Crippen molar-refractivity contribution in [3.63, 3.8) is 0 Å². The van der Waals surface area contributed by atoms with E-state index < -0.39 is 0 Å². The Bertz CT molecular complexity index is 514. The van der Waals surface area contributed by atoms with Crippen molar-refractivity contribution < 1.29 is 0 Å². The molecule has 0 spiro atoms. The SMILES string of the molecule is CN(Cc1ccccn1)c1ccc(Cl)cc1CCl. The Hall–Kier alpha value is -1.25. The molecule has 0 aliphatic rings. The third-order valence-corrected chi connectivity index (χ3v) is 3.25. The van der Waals surface area contributed by atoms with E-state index in [-0.39, 0.29) is 0 Å². The number of hydrogen-bond donors (Lipinski definition) is 0. The Balaban J connectivity index is 2.21. The lowest BCUT2D eigenvalue weighted by atomic mass is 10.2. The number of anilines is 1. The second kappa shape index (κ2) is 6.07. The topological polar surface area (TPSA) is 16.1 Å². The standard InChI is InChI=1S/C14H14Cl2N2/c1-18(10-13-4-2-3-7-17-13)14-6-5-12(16)8-11(14)9-15/h2-8H,9-10H2,1H3. The van der Waals surface area contributed by atoms with E-state index in [0.29, 0.717) is 10.9 Å². The van der Waals surface area contributed by atoms with Gasteiger partial charge in [-0.25, -0.2) is 0 Å². The second-order valence-electron chi connectivity index (χ2n) is 4.08. The predicted octanol–water partition coefficient (Wildman–Crippen LogP) is 4.11. The number of aromatic nitrogens is 1. The van der Waals surface area contributed by atoms with Crippen LogP contribution in [0.1, 0.15) is 11.3 Å². The van der Waals surface area contributed by atoms with Crippen LogP contribution in [0.5, 0.6) is 0 Å². The van der Waals surface area contributed by atoms with Gasteiger partial charge in [0.15, 0.2) is 0 Å². The summed E-state index contributed by atoms with van der Waals surface area (Å²) in [5, 5.41) is 0.709. The van der Waals surface area contributed by atoms with Crippen LogP contribution in [-0.2, 0) is 12.4 Å². The number of pyridine rings is 1. The van der Waals surface area contributed by atoms with Gasteiger partial charge in [-0.15, -0.1) is 11.6 Å². The molecule has 0 saturated carbocycles. The molecule has 0 amide bonds. The lowest BCUT2D eigenvalue weighted by Gasteiger charge is -2.21. The van der Waals surface area contributed by atoms with E-state index >= 15 is 0 Å². The molecule has 2 aromatic rings. The van der Waals surface area contributed by atoms with Gasteiger partial charge in [-0.2, -0.15) is 0 Å². The maximum Gasteiger partial charge on any atom is 0.0598 e. The molecular formula is C14H14Cl2N2. The van der Waals surface area contributed by atoms with Gasteiger partial charge in [0, 0.05) is 29.8 Å². The summed E-state index contributed by atoms with van der Waals surface area (Å²) in [6.07, 6.45) is 1.80. The fourth-order valence-electron chi connectivity index (χ4n) is 1.85. The third kappa shape index (κ3) is 3.15. The van der Waals surface area contributed by atoms with E-state index in [4.69, 9.17) is 23.2 Å². The van der Waals surface area contributed by atoms with Gasteiger partial charge in [0.1, 0.15) is 0 Å². The molecule has 0 aliphatic carbocycles. The fraction of sp³-hybridized carbons (Fsp3) is 0.214. The highest BCUT2D eigenvalue weighted by molar-refractivity contribution is 6.30. The van der Waals surface area contributed by atoms with Crippen LogP contribution in [-0.4, -0.2) is 12.0 Å². The molecule has 1 aromatic carbocycles. The van der Waals surface area contributed by atoms with Crippen LogP contribution >= 0.6 is 23.2 Å². The Labute approximate surface area is 117 Å². The van der Waals surface area contributed by atoms with Crippen LogP contribution in [0.15, 0.2) is 42.6 Å². The van der Waals surface area contributed by atoms with Crippen LogP contribution in [0.4, 0.5) is 5.69 Å². The summed E-state index contributed by atoms with van der Waals surface area (Å²) in [7, 11) is 2.02. The molecule has 0 bridgehead atoms. The first-order valence-corrected chi connectivity index (χ1v) is 6.57. The molecule has 2 rings (SSSR count). The molecule has 0 N–H and O–H groups in total. The Morgan fingerprint density at radius 2 is 2.06 bits per heavy atom. The quantitative estimate of drug-likeness (QED) is 0.784. The second-order valence-corrected chi connectivity index (χ2v) is 4.79. The normalized spacial score (nSPS) is 10.4. The highest BCUT2D eigenvalue weighted by atomic mass is 35.5. The number of halogens is 2. The van der Waals surface area contributed by atoms with Crippen molar-refractivity contribution in [2.24, 2.45) is 0 Å². The summed E-state index contributed by atoms with van der Waals surface area (Å²) in [5.74, 6) is 0.447. The molecule has 0 radical (unpaired) electrons. The van der Waals surface area contributed by atoms with Gasteiger partial charge in [0.25, 0.3) is 0 Å². The minimum Gasteiger partial charge on any atom is -0.368 e. The summed E-state index contributed by atoms with van der Waals surface area (Å²) in [5.41, 5.74) is 3.14. The summed E-state index contributed by atoms with van der Waals surface area (Å²) >= 11 is 11.9. The monoisotopic (exact) mass is 280 g/mol. The van der Waals surface area contributed by atoms with Crippen LogP contribution in [0, 0.1) is 0 Å². The molecule has 4 heteroatoms. The van der Waals surface area contributed by atoms with Gasteiger partial charge in [-0.1, -0.05) is 17.7 Å². The molecule has 0 fully saturated rings. The van der Waals surface area contributed by atoms with E-state index in [1.807, 2.05) is 43.4 Å². The summed E-state index contributed by atoms with van der Waals surface area (Å²) in [6.45, 7) is 0.742. The zero-order valence-corrected chi connectivity index (χ0v) is 11.6. The molecule has 1 aromatic heterocycles. The van der Waals surface area contributed by atoms with Crippen molar-refractivity contribution in [1.29, 1.82) is 0 Å². The number of rotatable bonds is 4. The van der Waals surface area contributed by atoms with Crippen molar-refractivity contribution in [1.82, 2.24) is 4.98 Å². The highest BCUT2D eigenvalue weighted by Gasteiger charge is 2.08. The first kappa shape index (κ1) is 13.2. The van der Waals surface area contributed by atoms with Crippen LogP contribution in [0.3, 0.4) is 0 Å². The van der Waals surface area contributed by atoms with Crippen molar-refractivity contribution >= 4 is 28.9 Å². The van der Waals surface area contributed by atoms with Crippen molar-refractivity contribution in [3.05, 3.63) is 58.9 Å². The van der Waals surface area contributed by atoms with E-state index in [1.165, 1.54) is 0 Å². The molecular weight excluding hydrogens is 267 g/mol. The first-order valence-electron chi connectivity index (χ1n) is 5.66. The van der Waals surface area contributed by atoms with Gasteiger partial charge >= 0.3 is 0 Å². The number of alkyl halides is 1. The number of hydrogen-bond acceptors (Lipinski definition) is 2. The average Bonchev–Trinajstić information content (AvgIpc) is 2.39.